The number of fused-ring (bicyclic) bond motifs is 1. The Balaban J connectivity index is 1.48. The molecule has 2 aromatic carbocycles. The van der Waals surface area contributed by atoms with E-state index in [1.807, 2.05) is 24.3 Å². The Bertz CT molecular complexity index is 1130. The second kappa shape index (κ2) is 7.00. The summed E-state index contributed by atoms with van der Waals surface area (Å²) in [5, 5.41) is 7.50. The van der Waals surface area contributed by atoms with Gasteiger partial charge in [0.15, 0.2) is 5.76 Å². The minimum atomic E-state index is -0.370. The van der Waals surface area contributed by atoms with Crippen molar-refractivity contribution in [1.29, 1.82) is 0 Å². The smallest absolute Gasteiger partial charge is 0.225 e. The largest absolute Gasteiger partial charge is 0.453 e. The van der Waals surface area contributed by atoms with Crippen LogP contribution in [0.3, 0.4) is 0 Å². The summed E-state index contributed by atoms with van der Waals surface area (Å²) in [4.78, 5) is 12.5. The summed E-state index contributed by atoms with van der Waals surface area (Å²) < 4.78 is 25.2. The molecular weight excluding hydrogens is 415 g/mol. The van der Waals surface area contributed by atoms with Gasteiger partial charge in [0.25, 0.3) is 0 Å². The molecule has 136 valence electrons. The standard InChI is InChI=1S/C20H14BrFN2O3/c1-11-15-8-14(22)6-7-18(15)26-20(11)17(25)10-23-19-9-16(24-27-19)12-2-4-13(21)5-3-12/h2-9,23H,10H2,1H3. The summed E-state index contributed by atoms with van der Waals surface area (Å²) in [6, 6.07) is 13.5. The predicted molar refractivity (Wildman–Crippen MR) is 103 cm³/mol. The average Bonchev–Trinajstić information content (AvgIpc) is 3.26. The topological polar surface area (TPSA) is 68.3 Å². The lowest BCUT2D eigenvalue weighted by Crippen LogP contribution is -2.13. The van der Waals surface area contributed by atoms with Crippen molar-refractivity contribution < 1.29 is 18.1 Å². The Morgan fingerprint density at radius 3 is 2.74 bits per heavy atom. The lowest BCUT2D eigenvalue weighted by Gasteiger charge is -2.00. The number of carbonyl (C=O) groups excluding carboxylic acids is 1. The molecule has 4 rings (SSSR count). The van der Waals surface area contributed by atoms with Crippen LogP contribution in [-0.4, -0.2) is 17.5 Å². The van der Waals surface area contributed by atoms with Crippen LogP contribution in [0, 0.1) is 12.7 Å². The average molecular weight is 429 g/mol. The molecule has 0 saturated carbocycles. The first-order valence-corrected chi connectivity index (χ1v) is 8.99. The van der Waals surface area contributed by atoms with Crippen LogP contribution in [0.15, 0.2) is 61.9 Å². The highest BCUT2D eigenvalue weighted by Gasteiger charge is 2.18. The van der Waals surface area contributed by atoms with Crippen molar-refractivity contribution in [3.05, 3.63) is 70.1 Å². The Morgan fingerprint density at radius 1 is 1.19 bits per heavy atom. The molecule has 0 radical (unpaired) electrons. The number of anilines is 1. The molecule has 7 heteroatoms. The number of hydrogen-bond donors (Lipinski definition) is 1. The fourth-order valence-electron chi connectivity index (χ4n) is 2.82. The van der Waals surface area contributed by atoms with Gasteiger partial charge in [-0.15, -0.1) is 0 Å². The molecule has 2 aromatic heterocycles. The van der Waals surface area contributed by atoms with Crippen molar-refractivity contribution in [3.63, 3.8) is 0 Å². The van der Waals surface area contributed by atoms with Gasteiger partial charge in [-0.2, -0.15) is 0 Å². The number of benzene rings is 2. The molecule has 0 amide bonds. The van der Waals surface area contributed by atoms with Crippen molar-refractivity contribution in [3.8, 4) is 11.3 Å². The molecule has 0 fully saturated rings. The maximum absolute atomic E-state index is 13.4. The van der Waals surface area contributed by atoms with Gasteiger partial charge in [0.1, 0.15) is 17.1 Å². The number of Topliss-reactive ketones (excluding diaryl/α,β-unsaturated/α-hetero) is 1. The molecule has 0 aliphatic carbocycles. The van der Waals surface area contributed by atoms with Gasteiger partial charge >= 0.3 is 0 Å². The first kappa shape index (κ1) is 17.5. The molecule has 0 aliphatic rings. The van der Waals surface area contributed by atoms with E-state index in [4.69, 9.17) is 8.94 Å². The maximum atomic E-state index is 13.4. The summed E-state index contributed by atoms with van der Waals surface area (Å²) in [5.41, 5.74) is 2.66. The van der Waals surface area contributed by atoms with Gasteiger partial charge < -0.3 is 14.3 Å². The number of nitrogens with zero attached hydrogens (tertiary/aromatic N) is 1. The minimum Gasteiger partial charge on any atom is -0.453 e. The number of rotatable bonds is 5. The molecule has 0 saturated heterocycles. The van der Waals surface area contributed by atoms with Crippen LogP contribution in [0.4, 0.5) is 10.3 Å². The molecule has 0 unspecified atom stereocenters. The second-order valence-electron chi connectivity index (χ2n) is 6.06. The van der Waals surface area contributed by atoms with Gasteiger partial charge in [0.2, 0.25) is 11.7 Å². The summed E-state index contributed by atoms with van der Waals surface area (Å²) >= 11 is 3.39. The highest BCUT2D eigenvalue weighted by atomic mass is 79.9. The minimum absolute atomic E-state index is 0.0296. The third kappa shape index (κ3) is 3.50. The van der Waals surface area contributed by atoms with E-state index >= 15 is 0 Å². The summed E-state index contributed by atoms with van der Waals surface area (Å²) in [6.45, 7) is 1.71. The van der Waals surface area contributed by atoms with Crippen LogP contribution in [0.2, 0.25) is 0 Å². The third-order valence-electron chi connectivity index (χ3n) is 4.22. The molecule has 0 aliphatic heterocycles. The van der Waals surface area contributed by atoms with Gasteiger partial charge in [-0.25, -0.2) is 4.39 Å². The number of aryl methyl sites for hydroxylation is 1. The van der Waals surface area contributed by atoms with E-state index < -0.39 is 0 Å². The molecule has 0 spiro atoms. The van der Waals surface area contributed by atoms with Gasteiger partial charge in [0, 0.05) is 27.1 Å². The molecule has 0 bridgehead atoms. The zero-order valence-corrected chi connectivity index (χ0v) is 15.8. The molecular formula is C20H14BrFN2O3. The first-order chi connectivity index (χ1) is 13.0. The summed E-state index contributed by atoms with van der Waals surface area (Å²) in [6.07, 6.45) is 0. The van der Waals surface area contributed by atoms with Gasteiger partial charge in [-0.3, -0.25) is 4.79 Å². The zero-order chi connectivity index (χ0) is 19.0. The third-order valence-corrected chi connectivity index (χ3v) is 4.75. The van der Waals surface area contributed by atoms with E-state index in [0.29, 0.717) is 28.1 Å². The van der Waals surface area contributed by atoms with Crippen LogP contribution in [0.5, 0.6) is 0 Å². The number of hydrogen-bond acceptors (Lipinski definition) is 5. The molecule has 5 nitrogen and oxygen atoms in total. The fraction of sp³-hybridized carbons (Fsp3) is 0.100. The molecule has 0 atom stereocenters. The zero-order valence-electron chi connectivity index (χ0n) is 14.3. The number of furan rings is 1. The molecule has 1 N–H and O–H groups in total. The van der Waals surface area contributed by atoms with E-state index in [1.54, 1.807) is 13.0 Å². The van der Waals surface area contributed by atoms with E-state index in [2.05, 4.69) is 26.4 Å². The van der Waals surface area contributed by atoms with E-state index in [-0.39, 0.29) is 23.9 Å². The Labute approximate surface area is 162 Å². The van der Waals surface area contributed by atoms with Gasteiger partial charge in [0.05, 0.1) is 6.54 Å². The number of carbonyl (C=O) groups is 1. The van der Waals surface area contributed by atoms with Crippen LogP contribution in [-0.2, 0) is 0 Å². The Morgan fingerprint density at radius 2 is 1.96 bits per heavy atom. The molecule has 4 aromatic rings. The second-order valence-corrected chi connectivity index (χ2v) is 6.97. The van der Waals surface area contributed by atoms with Crippen LogP contribution in [0.25, 0.3) is 22.2 Å². The Kier molecular flexibility index (Phi) is 4.53. The summed E-state index contributed by atoms with van der Waals surface area (Å²) in [5.74, 6) is -0.0480. The van der Waals surface area contributed by atoms with Crippen molar-refractivity contribution in [2.75, 3.05) is 11.9 Å². The monoisotopic (exact) mass is 428 g/mol. The normalized spacial score (nSPS) is 11.1. The van der Waals surface area contributed by atoms with E-state index in [0.717, 1.165) is 10.0 Å². The van der Waals surface area contributed by atoms with Crippen molar-refractivity contribution in [2.45, 2.75) is 6.92 Å². The van der Waals surface area contributed by atoms with Crippen LogP contribution >= 0.6 is 15.9 Å². The predicted octanol–water partition coefficient (Wildman–Crippen LogP) is 5.59. The fourth-order valence-corrected chi connectivity index (χ4v) is 3.09. The Hall–Kier alpha value is -2.93. The SMILES string of the molecule is Cc1c(C(=O)CNc2cc(-c3ccc(Br)cc3)no2)oc2ccc(F)cc12. The van der Waals surface area contributed by atoms with Gasteiger partial charge in [-0.1, -0.05) is 33.2 Å². The van der Waals surface area contributed by atoms with E-state index in [1.165, 1.54) is 18.2 Å². The number of ketones is 1. The van der Waals surface area contributed by atoms with Crippen molar-refractivity contribution in [2.24, 2.45) is 0 Å². The molecule has 27 heavy (non-hydrogen) atoms. The summed E-state index contributed by atoms with van der Waals surface area (Å²) in [7, 11) is 0. The molecule has 2 heterocycles. The number of aromatic nitrogens is 1. The maximum Gasteiger partial charge on any atom is 0.225 e. The van der Waals surface area contributed by atoms with E-state index in [9.17, 15) is 9.18 Å². The quantitative estimate of drug-likeness (QED) is 0.419. The highest BCUT2D eigenvalue weighted by Crippen LogP contribution is 2.27. The van der Waals surface area contributed by atoms with Crippen molar-refractivity contribution >= 4 is 38.6 Å². The van der Waals surface area contributed by atoms with Crippen molar-refractivity contribution in [1.82, 2.24) is 5.16 Å². The van der Waals surface area contributed by atoms with Gasteiger partial charge in [-0.05, 0) is 37.3 Å². The highest BCUT2D eigenvalue weighted by molar-refractivity contribution is 9.10. The van der Waals surface area contributed by atoms with Crippen LogP contribution in [0.1, 0.15) is 16.1 Å². The number of halogens is 2. The number of nitrogens with one attached hydrogen (secondary N) is 1. The first-order valence-electron chi connectivity index (χ1n) is 8.19. The van der Waals surface area contributed by atoms with Crippen LogP contribution < -0.4 is 5.32 Å². The lowest BCUT2D eigenvalue weighted by molar-refractivity contribution is 0.0980. The lowest BCUT2D eigenvalue weighted by atomic mass is 10.1.